The predicted molar refractivity (Wildman–Crippen MR) is 141 cm³/mol. The summed E-state index contributed by atoms with van der Waals surface area (Å²) in [7, 11) is 0. The van der Waals surface area contributed by atoms with Crippen LogP contribution in [0.15, 0.2) is 102 Å². The van der Waals surface area contributed by atoms with Crippen LogP contribution in [0.4, 0.5) is 0 Å². The van der Waals surface area contributed by atoms with Gasteiger partial charge in [0, 0.05) is 5.57 Å². The minimum absolute atomic E-state index is 0.105. The number of rotatable bonds is 8. The highest BCUT2D eigenvalue weighted by Gasteiger charge is 2.56. The zero-order chi connectivity index (χ0) is 26.6. The largest absolute Gasteiger partial charge is 0.484 e. The highest BCUT2D eigenvalue weighted by atomic mass is 32.2. The minimum Gasteiger partial charge on any atom is -0.484 e. The van der Waals surface area contributed by atoms with Gasteiger partial charge in [0.2, 0.25) is 5.12 Å². The molecule has 2 amide bonds. The lowest BCUT2D eigenvalue weighted by Gasteiger charge is -2.48. The third-order valence-corrected chi connectivity index (χ3v) is 7.47. The lowest BCUT2D eigenvalue weighted by molar-refractivity contribution is -0.155. The van der Waals surface area contributed by atoms with Gasteiger partial charge in [-0.15, -0.1) is 0 Å². The summed E-state index contributed by atoms with van der Waals surface area (Å²) in [4.78, 5) is 53.1. The highest BCUT2D eigenvalue weighted by molar-refractivity contribution is 8.14. The van der Waals surface area contributed by atoms with Crippen LogP contribution >= 0.6 is 11.8 Å². The van der Waals surface area contributed by atoms with Crippen molar-refractivity contribution in [2.24, 2.45) is 0 Å². The van der Waals surface area contributed by atoms with Crippen LogP contribution in [0.1, 0.15) is 24.2 Å². The lowest BCUT2D eigenvalue weighted by atomic mass is 10.0. The van der Waals surface area contributed by atoms with Gasteiger partial charge in [-0.1, -0.05) is 90.6 Å². The third kappa shape index (κ3) is 5.05. The summed E-state index contributed by atoms with van der Waals surface area (Å²) in [5.74, 6) is -1.28. The molecule has 0 saturated carbocycles. The number of para-hydroxylation sites is 1. The molecule has 9 heteroatoms. The second kappa shape index (κ2) is 10.9. The molecule has 0 bridgehead atoms. The average molecular weight is 529 g/mol. The molecule has 1 fully saturated rings. The van der Waals surface area contributed by atoms with Gasteiger partial charge in [-0.2, -0.15) is 0 Å². The number of hydrogen-bond acceptors (Lipinski definition) is 7. The van der Waals surface area contributed by atoms with E-state index in [1.807, 2.05) is 66.7 Å². The summed E-state index contributed by atoms with van der Waals surface area (Å²) in [5, 5.41) is 1.50. The highest BCUT2D eigenvalue weighted by Crippen LogP contribution is 2.42. The molecule has 1 unspecified atom stereocenters. The molecule has 0 aliphatic carbocycles. The van der Waals surface area contributed by atoms with E-state index in [2.05, 4.69) is 5.32 Å². The average Bonchev–Trinajstić information content (AvgIpc) is 2.96. The van der Waals surface area contributed by atoms with E-state index >= 15 is 0 Å². The molecule has 192 valence electrons. The number of β-lactam (4-membered cyclic amide) rings is 1. The summed E-state index contributed by atoms with van der Waals surface area (Å²) >= 11 is 0.890. The number of thioether (sulfide) groups is 1. The Labute approximate surface area is 223 Å². The second-order valence-corrected chi connectivity index (χ2v) is 9.82. The van der Waals surface area contributed by atoms with Gasteiger partial charge in [-0.25, -0.2) is 4.79 Å². The van der Waals surface area contributed by atoms with Crippen molar-refractivity contribution >= 4 is 34.7 Å². The van der Waals surface area contributed by atoms with Crippen LogP contribution in [0.2, 0.25) is 0 Å². The van der Waals surface area contributed by atoms with Crippen LogP contribution in [0.3, 0.4) is 0 Å². The van der Waals surface area contributed by atoms with Gasteiger partial charge in [0.15, 0.2) is 12.7 Å². The standard InChI is InChI=1S/C29H24N2O6S/c1-18-24(28(34)37-25(19-11-5-2-6-12-19)20-13-7-3-8-14-20)31-26(33)23(27(31)38-29(18)35)30-22(32)17-36-21-15-9-4-10-16-21/h2-16,23,25,27H,17H2,1H3,(H,30,32)/t23?,27-/m0/s1. The molecule has 2 atom stereocenters. The molecular weight excluding hydrogens is 504 g/mol. The smallest absolute Gasteiger partial charge is 0.356 e. The van der Waals surface area contributed by atoms with Crippen LogP contribution in [0.5, 0.6) is 5.75 Å². The number of esters is 1. The van der Waals surface area contributed by atoms with E-state index < -0.39 is 35.3 Å². The number of nitrogens with zero attached hydrogens (tertiary/aromatic N) is 1. The Balaban J connectivity index is 1.32. The Morgan fingerprint density at radius 1 is 0.895 bits per heavy atom. The molecule has 5 rings (SSSR count). The summed E-state index contributed by atoms with van der Waals surface area (Å²) in [6.45, 7) is 1.20. The lowest BCUT2D eigenvalue weighted by Crippen LogP contribution is -2.71. The van der Waals surface area contributed by atoms with Crippen LogP contribution in [0, 0.1) is 0 Å². The van der Waals surface area contributed by atoms with E-state index in [1.165, 1.54) is 11.8 Å². The molecule has 2 aliphatic heterocycles. The van der Waals surface area contributed by atoms with E-state index in [-0.39, 0.29) is 23.0 Å². The van der Waals surface area contributed by atoms with Gasteiger partial charge in [0.1, 0.15) is 22.9 Å². The van der Waals surface area contributed by atoms with Crippen LogP contribution in [-0.2, 0) is 23.9 Å². The van der Waals surface area contributed by atoms with E-state index in [4.69, 9.17) is 9.47 Å². The van der Waals surface area contributed by atoms with Crippen molar-refractivity contribution in [1.29, 1.82) is 0 Å². The van der Waals surface area contributed by atoms with Crippen LogP contribution < -0.4 is 10.1 Å². The first-order chi connectivity index (χ1) is 18.4. The fourth-order valence-corrected chi connectivity index (χ4v) is 5.44. The predicted octanol–water partition coefficient (Wildman–Crippen LogP) is 3.60. The van der Waals surface area contributed by atoms with Gasteiger partial charge < -0.3 is 14.8 Å². The Hall–Kier alpha value is -4.37. The Morgan fingerprint density at radius 3 is 2.03 bits per heavy atom. The van der Waals surface area contributed by atoms with Crippen LogP contribution in [-0.4, -0.2) is 45.8 Å². The third-order valence-electron chi connectivity index (χ3n) is 6.23. The van der Waals surface area contributed by atoms with E-state index in [0.29, 0.717) is 5.75 Å². The molecule has 0 aromatic heterocycles. The maximum absolute atomic E-state index is 13.5. The number of nitrogens with one attached hydrogen (secondary N) is 1. The first kappa shape index (κ1) is 25.3. The van der Waals surface area contributed by atoms with E-state index in [0.717, 1.165) is 22.9 Å². The van der Waals surface area contributed by atoms with Crippen molar-refractivity contribution in [3.05, 3.63) is 113 Å². The molecule has 1 saturated heterocycles. The fraction of sp³-hybridized carbons (Fsp3) is 0.172. The number of fused-ring (bicyclic) bond motifs is 1. The van der Waals surface area contributed by atoms with Gasteiger partial charge in [-0.05, 0) is 30.2 Å². The molecule has 2 heterocycles. The molecule has 3 aromatic rings. The maximum Gasteiger partial charge on any atom is 0.356 e. The molecule has 3 aromatic carbocycles. The SMILES string of the molecule is CC1=C(C(=O)OC(c2ccccc2)c2ccccc2)N2C(=O)C(NC(=O)COc3ccccc3)[C@@H]2SC1=O. The van der Waals surface area contributed by atoms with Gasteiger partial charge in [-0.3, -0.25) is 19.3 Å². The zero-order valence-corrected chi connectivity index (χ0v) is 21.2. The second-order valence-electron chi connectivity index (χ2n) is 8.73. The topological polar surface area (TPSA) is 102 Å². The van der Waals surface area contributed by atoms with Gasteiger partial charge in [0.05, 0.1) is 0 Å². The summed E-state index contributed by atoms with van der Waals surface area (Å²) in [5.41, 5.74) is 1.52. The molecular formula is C29H24N2O6S. The number of hydrogen-bond donors (Lipinski definition) is 1. The Bertz CT molecular complexity index is 1350. The molecule has 0 radical (unpaired) electrons. The van der Waals surface area contributed by atoms with Crippen molar-refractivity contribution in [3.8, 4) is 5.75 Å². The Kier molecular flexibility index (Phi) is 7.28. The van der Waals surface area contributed by atoms with Crippen LogP contribution in [0.25, 0.3) is 0 Å². The molecule has 8 nitrogen and oxygen atoms in total. The van der Waals surface area contributed by atoms with Crippen molar-refractivity contribution < 1.29 is 28.7 Å². The van der Waals surface area contributed by atoms with E-state index in [1.54, 1.807) is 24.3 Å². The normalized spacial score (nSPS) is 18.5. The molecule has 1 N–H and O–H groups in total. The van der Waals surface area contributed by atoms with Gasteiger partial charge in [0.25, 0.3) is 11.8 Å². The number of ether oxygens (including phenoxy) is 2. The van der Waals surface area contributed by atoms with Crippen molar-refractivity contribution in [3.63, 3.8) is 0 Å². The summed E-state index contributed by atoms with van der Waals surface area (Å²) in [6.07, 6.45) is -0.740. The summed E-state index contributed by atoms with van der Waals surface area (Å²) in [6, 6.07) is 26.3. The molecule has 38 heavy (non-hydrogen) atoms. The van der Waals surface area contributed by atoms with Crippen molar-refractivity contribution in [2.75, 3.05) is 6.61 Å². The quantitative estimate of drug-likeness (QED) is 0.352. The number of carbonyl (C=O) groups excluding carboxylic acids is 4. The number of carbonyl (C=O) groups is 4. The zero-order valence-electron chi connectivity index (χ0n) is 20.4. The first-order valence-corrected chi connectivity index (χ1v) is 12.8. The maximum atomic E-state index is 13.5. The molecule has 0 spiro atoms. The number of benzene rings is 3. The molecule has 2 aliphatic rings. The minimum atomic E-state index is -0.967. The van der Waals surface area contributed by atoms with Crippen molar-refractivity contribution in [1.82, 2.24) is 10.2 Å². The Morgan fingerprint density at radius 2 is 1.45 bits per heavy atom. The van der Waals surface area contributed by atoms with E-state index in [9.17, 15) is 19.2 Å². The first-order valence-electron chi connectivity index (χ1n) is 12.0. The summed E-state index contributed by atoms with van der Waals surface area (Å²) < 4.78 is 11.4. The number of amides is 2. The van der Waals surface area contributed by atoms with Gasteiger partial charge >= 0.3 is 5.97 Å². The van der Waals surface area contributed by atoms with Crippen molar-refractivity contribution in [2.45, 2.75) is 24.4 Å². The monoisotopic (exact) mass is 528 g/mol. The fourth-order valence-electron chi connectivity index (χ4n) is 4.31.